The van der Waals surface area contributed by atoms with Gasteiger partial charge in [-0.05, 0) is 41.5 Å². The number of ketones is 2. The van der Waals surface area contributed by atoms with Gasteiger partial charge in [0.25, 0.3) is 0 Å². The summed E-state index contributed by atoms with van der Waals surface area (Å²) in [6.45, 7) is 20.1. The van der Waals surface area contributed by atoms with Crippen LogP contribution in [0.4, 0.5) is 5.69 Å². The lowest BCUT2D eigenvalue weighted by atomic mass is 9.73. The monoisotopic (exact) mass is 548 g/mol. The fraction of sp³-hybridized carbons (Fsp3) is 0.500. The molecular formula is C32H40N2O6. The van der Waals surface area contributed by atoms with Crippen LogP contribution in [0.3, 0.4) is 0 Å². The summed E-state index contributed by atoms with van der Waals surface area (Å²) >= 11 is 0. The van der Waals surface area contributed by atoms with Crippen molar-refractivity contribution >= 4 is 22.8 Å². The van der Waals surface area contributed by atoms with Crippen molar-refractivity contribution in [3.05, 3.63) is 57.2 Å². The third kappa shape index (κ3) is 3.25. The highest BCUT2D eigenvalue weighted by Crippen LogP contribution is 2.57. The standard InChI is InChI=1S/C32H40N2O6/c1-13(2)33-15(5)31(7,8)25-17(33)11-19(35)21(29(25)39)23-27(37)24(28(23)38)22-20(36)12-18-26(30(22)40)32(9,10)16(6)34(18)14(3)4/h11-16,35,37,39-40H,1-10H3. The minimum absolute atomic E-state index is 0.00706. The molecule has 1 aromatic rings. The van der Waals surface area contributed by atoms with Gasteiger partial charge in [-0.25, -0.2) is 0 Å². The summed E-state index contributed by atoms with van der Waals surface area (Å²) in [5.74, 6) is -2.76. The maximum absolute atomic E-state index is 13.6. The normalized spacial score (nSPS) is 27.1. The number of rotatable bonds is 3. The smallest absolute Gasteiger partial charge is 0.202 e. The largest absolute Gasteiger partial charge is 0.507 e. The molecule has 40 heavy (non-hydrogen) atoms. The Hall–Kier alpha value is -3.68. The Morgan fingerprint density at radius 2 is 1.32 bits per heavy atom. The molecule has 1 saturated heterocycles. The first-order valence-electron chi connectivity index (χ1n) is 14.0. The van der Waals surface area contributed by atoms with E-state index in [4.69, 9.17) is 0 Å². The van der Waals surface area contributed by atoms with Gasteiger partial charge in [0.05, 0.1) is 22.3 Å². The van der Waals surface area contributed by atoms with Crippen LogP contribution in [0.2, 0.25) is 0 Å². The lowest BCUT2D eigenvalue weighted by Gasteiger charge is -2.34. The van der Waals surface area contributed by atoms with Crippen LogP contribution >= 0.6 is 0 Å². The number of likely N-dealkylation sites (tertiary alicyclic amines) is 1. The summed E-state index contributed by atoms with van der Waals surface area (Å²) in [6, 6.07) is 1.66. The van der Waals surface area contributed by atoms with Crippen LogP contribution in [0.1, 0.15) is 80.4 Å². The molecule has 1 fully saturated rings. The summed E-state index contributed by atoms with van der Waals surface area (Å²) in [4.78, 5) is 31.2. The number of carbonyl (C=O) groups excluding carboxylic acids is 2. The number of hydrogen-bond acceptors (Lipinski definition) is 8. The number of aliphatic hydroxyl groups excluding tert-OH is 2. The van der Waals surface area contributed by atoms with Crippen molar-refractivity contribution in [1.29, 1.82) is 0 Å². The van der Waals surface area contributed by atoms with Crippen LogP contribution in [0.15, 0.2) is 46.1 Å². The van der Waals surface area contributed by atoms with Gasteiger partial charge >= 0.3 is 0 Å². The average molecular weight is 549 g/mol. The highest BCUT2D eigenvalue weighted by atomic mass is 16.3. The number of allylic oxidation sites excluding steroid dienone is 5. The molecule has 4 N–H and O–H groups in total. The van der Waals surface area contributed by atoms with Crippen molar-refractivity contribution in [3.63, 3.8) is 0 Å². The molecule has 2 heterocycles. The minimum atomic E-state index is -0.718. The molecule has 2 aliphatic carbocycles. The van der Waals surface area contributed by atoms with Gasteiger partial charge in [0.15, 0.2) is 5.78 Å². The summed E-state index contributed by atoms with van der Waals surface area (Å²) < 4.78 is 0. The number of phenolic OH excluding ortho intramolecular Hbond substituents is 2. The molecule has 2 unspecified atom stereocenters. The molecule has 0 amide bonds. The topological polar surface area (TPSA) is 122 Å². The molecule has 1 aromatic carbocycles. The van der Waals surface area contributed by atoms with Crippen LogP contribution in [0.25, 0.3) is 5.57 Å². The zero-order valence-corrected chi connectivity index (χ0v) is 25.0. The Balaban J connectivity index is 1.70. The summed E-state index contributed by atoms with van der Waals surface area (Å²) in [6.07, 6.45) is 1.43. The average Bonchev–Trinajstić information content (AvgIpc) is 3.15. The first kappa shape index (κ1) is 27.9. The molecule has 5 rings (SSSR count). The Bertz CT molecular complexity index is 1520. The fourth-order valence-electron chi connectivity index (χ4n) is 7.29. The predicted molar refractivity (Wildman–Crippen MR) is 154 cm³/mol. The molecule has 2 atom stereocenters. The van der Waals surface area contributed by atoms with Gasteiger partial charge in [-0.3, -0.25) is 9.59 Å². The van der Waals surface area contributed by atoms with Gasteiger partial charge in [-0.1, -0.05) is 27.7 Å². The van der Waals surface area contributed by atoms with Crippen molar-refractivity contribution in [1.82, 2.24) is 4.90 Å². The zero-order valence-electron chi connectivity index (χ0n) is 25.0. The Kier molecular flexibility index (Phi) is 5.86. The van der Waals surface area contributed by atoms with Gasteiger partial charge in [-0.2, -0.15) is 0 Å². The maximum Gasteiger partial charge on any atom is 0.202 e. The second-order valence-corrected chi connectivity index (χ2v) is 13.2. The van der Waals surface area contributed by atoms with Crippen molar-refractivity contribution in [3.8, 4) is 11.5 Å². The van der Waals surface area contributed by atoms with Crippen molar-refractivity contribution in [2.45, 2.75) is 98.8 Å². The number of hydrogen-bond donors (Lipinski definition) is 4. The van der Waals surface area contributed by atoms with E-state index in [2.05, 4.69) is 9.80 Å². The highest BCUT2D eigenvalue weighted by Gasteiger charge is 2.53. The van der Waals surface area contributed by atoms with Crippen molar-refractivity contribution < 1.29 is 30.0 Å². The number of carbonyl (C=O) groups is 2. The number of fused-ring (bicyclic) bond motifs is 2. The van der Waals surface area contributed by atoms with E-state index in [0.717, 1.165) is 0 Å². The Labute approximate surface area is 235 Å². The predicted octanol–water partition coefficient (Wildman–Crippen LogP) is 5.56. The molecular weight excluding hydrogens is 508 g/mol. The molecule has 0 radical (unpaired) electrons. The van der Waals surface area contributed by atoms with Crippen molar-refractivity contribution in [2.75, 3.05) is 4.90 Å². The molecule has 0 saturated carbocycles. The molecule has 8 nitrogen and oxygen atoms in total. The van der Waals surface area contributed by atoms with E-state index in [9.17, 15) is 30.0 Å². The van der Waals surface area contributed by atoms with Crippen LogP contribution in [-0.4, -0.2) is 61.1 Å². The number of Topliss-reactive ketones (excluding diaryl/α,β-unsaturated/α-hetero) is 1. The zero-order chi connectivity index (χ0) is 30.0. The van der Waals surface area contributed by atoms with E-state index >= 15 is 0 Å². The van der Waals surface area contributed by atoms with E-state index < -0.39 is 28.2 Å². The van der Waals surface area contributed by atoms with Gasteiger partial charge < -0.3 is 30.2 Å². The summed E-state index contributed by atoms with van der Waals surface area (Å²) in [7, 11) is 0. The lowest BCUT2D eigenvalue weighted by molar-refractivity contribution is -0.114. The fourth-order valence-corrected chi connectivity index (χ4v) is 7.29. The third-order valence-corrected chi connectivity index (χ3v) is 9.81. The SMILES string of the molecule is CC(C)N1C2=CC(=O)C(=C3C(=O)C(c4c(O)cc5c(c4O)C(C)(C)C(C)N5C(C)C)=C3O)C(O)=C2C(C)(C)C1C. The number of aliphatic hydroxyl groups is 2. The molecule has 2 aliphatic heterocycles. The van der Waals surface area contributed by atoms with E-state index in [0.29, 0.717) is 22.5 Å². The summed E-state index contributed by atoms with van der Waals surface area (Å²) in [5.41, 5.74) is 0.378. The molecule has 0 bridgehead atoms. The Morgan fingerprint density at radius 3 is 1.85 bits per heavy atom. The second kappa shape index (κ2) is 8.41. The first-order valence-corrected chi connectivity index (χ1v) is 14.0. The van der Waals surface area contributed by atoms with Crippen molar-refractivity contribution in [2.24, 2.45) is 5.41 Å². The van der Waals surface area contributed by atoms with E-state index in [1.54, 1.807) is 0 Å². The quantitative estimate of drug-likeness (QED) is 0.363. The number of phenols is 2. The number of anilines is 1. The Morgan fingerprint density at radius 1 is 0.775 bits per heavy atom. The number of nitrogens with zero attached hydrogens (tertiary/aromatic N) is 2. The van der Waals surface area contributed by atoms with Gasteiger partial charge in [0.2, 0.25) is 5.78 Å². The van der Waals surface area contributed by atoms with E-state index in [1.165, 1.54) is 12.1 Å². The molecule has 0 spiro atoms. The van der Waals surface area contributed by atoms with Gasteiger partial charge in [0, 0.05) is 69.7 Å². The van der Waals surface area contributed by atoms with Crippen LogP contribution in [-0.2, 0) is 15.0 Å². The summed E-state index contributed by atoms with van der Waals surface area (Å²) in [5, 5.41) is 45.2. The number of aromatic hydroxyl groups is 2. The molecule has 0 aromatic heterocycles. The third-order valence-electron chi connectivity index (χ3n) is 9.81. The van der Waals surface area contributed by atoms with Crippen LogP contribution in [0.5, 0.6) is 11.5 Å². The van der Waals surface area contributed by atoms with Crippen LogP contribution < -0.4 is 4.90 Å². The molecule has 8 heteroatoms. The van der Waals surface area contributed by atoms with Gasteiger partial charge in [0.1, 0.15) is 23.0 Å². The maximum atomic E-state index is 13.6. The highest BCUT2D eigenvalue weighted by molar-refractivity contribution is 6.42. The molecule has 4 aliphatic rings. The van der Waals surface area contributed by atoms with Gasteiger partial charge in [-0.15, -0.1) is 0 Å². The first-order chi connectivity index (χ1) is 18.4. The van der Waals surface area contributed by atoms with E-state index in [1.807, 2.05) is 69.2 Å². The second-order valence-electron chi connectivity index (χ2n) is 13.2. The number of benzene rings is 1. The minimum Gasteiger partial charge on any atom is -0.507 e. The van der Waals surface area contributed by atoms with E-state index in [-0.39, 0.29) is 63.7 Å². The lowest BCUT2D eigenvalue weighted by Crippen LogP contribution is -2.42. The molecule has 214 valence electrons. The van der Waals surface area contributed by atoms with Crippen LogP contribution in [0, 0.1) is 5.41 Å².